The van der Waals surface area contributed by atoms with E-state index in [1.807, 2.05) is 0 Å². The molecule has 0 radical (unpaired) electrons. The van der Waals surface area contributed by atoms with Gasteiger partial charge in [0.25, 0.3) is 5.69 Å². The Labute approximate surface area is 169 Å². The van der Waals surface area contributed by atoms with Crippen LogP contribution in [0.25, 0.3) is 0 Å². The van der Waals surface area contributed by atoms with Crippen LogP contribution in [0.4, 0.5) is 18.9 Å². The summed E-state index contributed by atoms with van der Waals surface area (Å²) in [6.45, 7) is 1.49. The number of likely N-dealkylation sites (N-methyl/N-ethyl adjacent to an activating group) is 1. The highest BCUT2D eigenvalue weighted by molar-refractivity contribution is 5.99. The molecule has 7 nitrogen and oxygen atoms in total. The molecule has 1 aliphatic rings. The van der Waals surface area contributed by atoms with Gasteiger partial charge in [-0.25, -0.2) is 13.2 Å². The van der Waals surface area contributed by atoms with E-state index in [2.05, 4.69) is 5.32 Å². The predicted molar refractivity (Wildman–Crippen MR) is 99.9 cm³/mol. The van der Waals surface area contributed by atoms with Gasteiger partial charge in [0.2, 0.25) is 11.8 Å². The molecule has 3 rings (SSSR count). The van der Waals surface area contributed by atoms with Crippen molar-refractivity contribution in [2.24, 2.45) is 0 Å². The third-order valence-electron chi connectivity index (χ3n) is 5.20. The number of carbonyl (C=O) groups is 2. The number of piperazine rings is 1. The SMILES string of the molecule is CN1C(=O)C(C)(Cc2ccc(F)cc2)NC(=O)C1Cc1c([N+](=O)[O-])ccc(F)c1F. The Balaban J connectivity index is 1.88. The van der Waals surface area contributed by atoms with E-state index in [9.17, 15) is 32.9 Å². The lowest BCUT2D eigenvalue weighted by atomic mass is 9.86. The molecule has 2 unspecified atom stereocenters. The van der Waals surface area contributed by atoms with Gasteiger partial charge in [-0.2, -0.15) is 0 Å². The normalized spacial score (nSPS) is 21.5. The smallest absolute Gasteiger partial charge is 0.275 e. The number of rotatable bonds is 5. The average Bonchev–Trinajstić information content (AvgIpc) is 2.68. The van der Waals surface area contributed by atoms with Crippen molar-refractivity contribution in [3.63, 3.8) is 0 Å². The molecule has 30 heavy (non-hydrogen) atoms. The molecule has 158 valence electrons. The molecule has 10 heteroatoms. The molecule has 0 saturated carbocycles. The minimum atomic E-state index is -1.43. The van der Waals surface area contributed by atoms with E-state index < -0.39 is 63.4 Å². The zero-order valence-electron chi connectivity index (χ0n) is 16.1. The molecule has 1 N–H and O–H groups in total. The summed E-state index contributed by atoms with van der Waals surface area (Å²) in [6, 6.07) is 5.60. The van der Waals surface area contributed by atoms with E-state index in [4.69, 9.17) is 0 Å². The van der Waals surface area contributed by atoms with E-state index in [0.717, 1.165) is 11.0 Å². The largest absolute Gasteiger partial charge is 0.340 e. The van der Waals surface area contributed by atoms with Crippen LogP contribution in [-0.2, 0) is 22.4 Å². The first-order chi connectivity index (χ1) is 14.0. The van der Waals surface area contributed by atoms with Gasteiger partial charge in [0, 0.05) is 26.0 Å². The zero-order valence-corrected chi connectivity index (χ0v) is 16.1. The quantitative estimate of drug-likeness (QED) is 0.593. The lowest BCUT2D eigenvalue weighted by molar-refractivity contribution is -0.385. The fourth-order valence-electron chi connectivity index (χ4n) is 3.62. The number of nitro benzene ring substituents is 1. The van der Waals surface area contributed by atoms with Gasteiger partial charge < -0.3 is 10.2 Å². The molecule has 2 aromatic carbocycles. The fraction of sp³-hybridized carbons (Fsp3) is 0.300. The van der Waals surface area contributed by atoms with E-state index in [0.29, 0.717) is 11.6 Å². The van der Waals surface area contributed by atoms with Gasteiger partial charge >= 0.3 is 0 Å². The first-order valence-electron chi connectivity index (χ1n) is 8.98. The number of amides is 2. The summed E-state index contributed by atoms with van der Waals surface area (Å²) in [5.74, 6) is -4.35. The van der Waals surface area contributed by atoms with Crippen LogP contribution in [0.3, 0.4) is 0 Å². The summed E-state index contributed by atoms with van der Waals surface area (Å²) in [4.78, 5) is 37.1. The number of halogens is 3. The van der Waals surface area contributed by atoms with Gasteiger partial charge in [-0.15, -0.1) is 0 Å². The monoisotopic (exact) mass is 421 g/mol. The average molecular weight is 421 g/mol. The third-order valence-corrected chi connectivity index (χ3v) is 5.20. The summed E-state index contributed by atoms with van der Waals surface area (Å²) < 4.78 is 41.0. The van der Waals surface area contributed by atoms with E-state index in [1.54, 1.807) is 0 Å². The van der Waals surface area contributed by atoms with Gasteiger partial charge in [0.1, 0.15) is 17.4 Å². The first-order valence-corrected chi connectivity index (χ1v) is 8.98. The van der Waals surface area contributed by atoms with Crippen molar-refractivity contribution in [2.45, 2.75) is 31.3 Å². The molecular weight excluding hydrogens is 403 g/mol. The summed E-state index contributed by atoms with van der Waals surface area (Å²) in [6.07, 6.45) is -0.496. The van der Waals surface area contributed by atoms with Gasteiger partial charge in [-0.05, 0) is 30.7 Å². The van der Waals surface area contributed by atoms with Crippen molar-refractivity contribution in [1.29, 1.82) is 0 Å². The molecule has 0 aromatic heterocycles. The zero-order chi connectivity index (χ0) is 22.2. The first kappa shape index (κ1) is 21.3. The molecule has 1 heterocycles. The number of nitrogens with one attached hydrogen (secondary N) is 1. The molecule has 0 aliphatic carbocycles. The Morgan fingerprint density at radius 3 is 2.37 bits per heavy atom. The maximum Gasteiger partial charge on any atom is 0.275 e. The number of nitro groups is 1. The highest BCUT2D eigenvalue weighted by atomic mass is 19.2. The second-order valence-electron chi connectivity index (χ2n) is 7.38. The molecule has 2 amide bonds. The second-order valence-corrected chi connectivity index (χ2v) is 7.38. The highest BCUT2D eigenvalue weighted by Gasteiger charge is 2.47. The topological polar surface area (TPSA) is 92.6 Å². The molecule has 0 spiro atoms. The Morgan fingerprint density at radius 2 is 1.77 bits per heavy atom. The summed E-state index contributed by atoms with van der Waals surface area (Å²) >= 11 is 0. The summed E-state index contributed by atoms with van der Waals surface area (Å²) in [5, 5.41) is 13.8. The maximum atomic E-state index is 14.3. The van der Waals surface area contributed by atoms with E-state index in [-0.39, 0.29) is 6.42 Å². The molecule has 2 atom stereocenters. The van der Waals surface area contributed by atoms with Gasteiger partial charge in [-0.3, -0.25) is 19.7 Å². The Kier molecular flexibility index (Phi) is 5.51. The number of benzene rings is 2. The lowest BCUT2D eigenvalue weighted by Crippen LogP contribution is -2.69. The minimum Gasteiger partial charge on any atom is -0.340 e. The molecule has 1 fully saturated rings. The number of hydrogen-bond donors (Lipinski definition) is 1. The van der Waals surface area contributed by atoms with Crippen molar-refractivity contribution < 1.29 is 27.7 Å². The van der Waals surface area contributed by atoms with E-state index >= 15 is 0 Å². The van der Waals surface area contributed by atoms with Crippen LogP contribution >= 0.6 is 0 Å². The van der Waals surface area contributed by atoms with Crippen LogP contribution in [-0.4, -0.2) is 40.3 Å². The van der Waals surface area contributed by atoms with Crippen LogP contribution in [0.15, 0.2) is 36.4 Å². The number of hydrogen-bond acceptors (Lipinski definition) is 4. The molecule has 1 saturated heterocycles. The third kappa shape index (κ3) is 3.85. The summed E-state index contributed by atoms with van der Waals surface area (Å²) in [7, 11) is 1.32. The van der Waals surface area contributed by atoms with Crippen molar-refractivity contribution in [3.05, 3.63) is 75.1 Å². The molecule has 1 aliphatic heterocycles. The molecule has 0 bridgehead atoms. The van der Waals surface area contributed by atoms with Crippen LogP contribution < -0.4 is 5.32 Å². The second kappa shape index (κ2) is 7.77. The number of nitrogens with zero attached hydrogens (tertiary/aromatic N) is 2. The van der Waals surface area contributed by atoms with Crippen molar-refractivity contribution in [2.75, 3.05) is 7.05 Å². The van der Waals surface area contributed by atoms with Gasteiger partial charge in [0.15, 0.2) is 11.6 Å². The molecule has 2 aromatic rings. The van der Waals surface area contributed by atoms with Crippen LogP contribution in [0.2, 0.25) is 0 Å². The maximum absolute atomic E-state index is 14.3. The van der Waals surface area contributed by atoms with Crippen LogP contribution in [0.1, 0.15) is 18.1 Å². The Hall–Kier alpha value is -3.43. The van der Waals surface area contributed by atoms with Crippen LogP contribution in [0, 0.1) is 27.6 Å². The Bertz CT molecular complexity index is 1030. The van der Waals surface area contributed by atoms with E-state index in [1.165, 1.54) is 38.2 Å². The standard InChI is InChI=1S/C20H18F3N3O4/c1-20(10-11-3-5-12(21)6-4-11)19(28)25(2)16(18(27)24-20)9-13-15(26(29)30)8-7-14(22)17(13)23/h3-8,16H,9-10H2,1-2H3,(H,24,27). The summed E-state index contributed by atoms with van der Waals surface area (Å²) in [5.41, 5.74) is -2.03. The van der Waals surface area contributed by atoms with Gasteiger partial charge in [0.05, 0.1) is 10.5 Å². The van der Waals surface area contributed by atoms with Crippen LogP contribution in [0.5, 0.6) is 0 Å². The fourth-order valence-corrected chi connectivity index (χ4v) is 3.62. The number of carbonyl (C=O) groups excluding carboxylic acids is 2. The van der Waals surface area contributed by atoms with Gasteiger partial charge in [-0.1, -0.05) is 12.1 Å². The highest BCUT2D eigenvalue weighted by Crippen LogP contribution is 2.29. The minimum absolute atomic E-state index is 0.0728. The van der Waals surface area contributed by atoms with Crippen molar-refractivity contribution >= 4 is 17.5 Å². The Morgan fingerprint density at radius 1 is 1.13 bits per heavy atom. The van der Waals surface area contributed by atoms with Crippen molar-refractivity contribution in [3.8, 4) is 0 Å². The predicted octanol–water partition coefficient (Wildman–Crippen LogP) is 2.51. The molecular formula is C20H18F3N3O4. The van der Waals surface area contributed by atoms with Crippen molar-refractivity contribution in [1.82, 2.24) is 10.2 Å². The lowest BCUT2D eigenvalue weighted by Gasteiger charge is -2.43.